The molecule has 0 fully saturated rings. The number of thioether (sulfide) groups is 1. The molecule has 0 spiro atoms. The Hall–Kier alpha value is -0.960. The van der Waals surface area contributed by atoms with E-state index < -0.39 is 10.0 Å². The number of nitrogens with one attached hydrogen (secondary N) is 1. The number of sulfonamides is 1. The lowest BCUT2D eigenvalue weighted by molar-refractivity contribution is 0.288. The van der Waals surface area contributed by atoms with Crippen LogP contribution in [0, 0.1) is 0 Å². The minimum Gasteiger partial charge on any atom is -0.397 e. The van der Waals surface area contributed by atoms with Crippen LogP contribution >= 0.6 is 11.8 Å². The van der Waals surface area contributed by atoms with Crippen LogP contribution in [0.5, 0.6) is 0 Å². The van der Waals surface area contributed by atoms with Gasteiger partial charge in [0, 0.05) is 25.4 Å². The lowest BCUT2D eigenvalue weighted by Crippen LogP contribution is -2.31. The number of aliphatic hydroxyl groups is 1. The second kappa shape index (κ2) is 7.35. The van der Waals surface area contributed by atoms with Crippen molar-refractivity contribution in [1.29, 1.82) is 0 Å². The summed E-state index contributed by atoms with van der Waals surface area (Å²) in [6, 6.07) is 4.62. The Morgan fingerprint density at radius 1 is 1.43 bits per heavy atom. The molecule has 0 aromatic heterocycles. The standard InChI is InChI=1S/C13H23N3O3S2/c1-9(13(8-17)20-4)15-12-6-5-10(7-11(12)14)21(18,19)16(2)3/h5-7,9,13,15,17H,8,14H2,1-4H3. The molecule has 0 aliphatic rings. The number of hydrogen-bond acceptors (Lipinski definition) is 6. The summed E-state index contributed by atoms with van der Waals surface area (Å²) in [5.74, 6) is 0. The quantitative estimate of drug-likeness (QED) is 0.645. The van der Waals surface area contributed by atoms with Crippen LogP contribution in [0.1, 0.15) is 6.92 Å². The van der Waals surface area contributed by atoms with Crippen LogP contribution in [0.2, 0.25) is 0 Å². The van der Waals surface area contributed by atoms with Gasteiger partial charge < -0.3 is 16.2 Å². The molecule has 0 saturated heterocycles. The van der Waals surface area contributed by atoms with Gasteiger partial charge >= 0.3 is 0 Å². The molecule has 2 unspecified atom stereocenters. The van der Waals surface area contributed by atoms with E-state index in [2.05, 4.69) is 5.32 Å². The molecule has 120 valence electrons. The van der Waals surface area contributed by atoms with Gasteiger partial charge in [0.05, 0.1) is 22.9 Å². The van der Waals surface area contributed by atoms with Gasteiger partial charge in [-0.1, -0.05) is 0 Å². The first-order valence-electron chi connectivity index (χ1n) is 6.46. The summed E-state index contributed by atoms with van der Waals surface area (Å²) in [6.07, 6.45) is 1.93. The molecule has 21 heavy (non-hydrogen) atoms. The molecule has 0 amide bonds. The second-order valence-corrected chi connectivity index (χ2v) is 8.15. The first-order valence-corrected chi connectivity index (χ1v) is 9.19. The third kappa shape index (κ3) is 4.26. The van der Waals surface area contributed by atoms with Crippen molar-refractivity contribution >= 4 is 33.2 Å². The second-order valence-electron chi connectivity index (χ2n) is 4.93. The maximum Gasteiger partial charge on any atom is 0.242 e. The van der Waals surface area contributed by atoms with Gasteiger partial charge in [0.25, 0.3) is 0 Å². The Balaban J connectivity index is 2.99. The monoisotopic (exact) mass is 333 g/mol. The number of benzene rings is 1. The van der Waals surface area contributed by atoms with Crippen molar-refractivity contribution in [1.82, 2.24) is 4.31 Å². The highest BCUT2D eigenvalue weighted by Gasteiger charge is 2.20. The lowest BCUT2D eigenvalue weighted by atomic mass is 10.2. The summed E-state index contributed by atoms with van der Waals surface area (Å²) in [7, 11) is -0.536. The van der Waals surface area contributed by atoms with Gasteiger partial charge in [-0.25, -0.2) is 12.7 Å². The highest BCUT2D eigenvalue weighted by molar-refractivity contribution is 7.99. The van der Waals surface area contributed by atoms with Crippen molar-refractivity contribution in [2.75, 3.05) is 38.0 Å². The van der Waals surface area contributed by atoms with E-state index in [0.29, 0.717) is 11.4 Å². The van der Waals surface area contributed by atoms with Gasteiger partial charge in [-0.3, -0.25) is 0 Å². The third-order valence-corrected chi connectivity index (χ3v) is 6.20. The van der Waals surface area contributed by atoms with Crippen molar-refractivity contribution in [3.63, 3.8) is 0 Å². The van der Waals surface area contributed by atoms with Crippen LogP contribution in [0.3, 0.4) is 0 Å². The Morgan fingerprint density at radius 3 is 2.48 bits per heavy atom. The van der Waals surface area contributed by atoms with Crippen molar-refractivity contribution in [2.45, 2.75) is 23.1 Å². The fourth-order valence-electron chi connectivity index (χ4n) is 1.82. The van der Waals surface area contributed by atoms with Crippen LogP contribution in [0.15, 0.2) is 23.1 Å². The van der Waals surface area contributed by atoms with E-state index in [0.717, 1.165) is 4.31 Å². The summed E-state index contributed by atoms with van der Waals surface area (Å²) in [5, 5.41) is 12.5. The molecule has 8 heteroatoms. The Kier molecular flexibility index (Phi) is 6.33. The van der Waals surface area contributed by atoms with Gasteiger partial charge in [-0.2, -0.15) is 11.8 Å². The maximum absolute atomic E-state index is 12.0. The molecule has 0 heterocycles. The number of rotatable bonds is 7. The molecule has 1 aromatic carbocycles. The maximum atomic E-state index is 12.0. The van der Waals surface area contributed by atoms with Gasteiger partial charge in [0.1, 0.15) is 0 Å². The van der Waals surface area contributed by atoms with E-state index in [1.807, 2.05) is 13.2 Å². The van der Waals surface area contributed by atoms with E-state index in [4.69, 9.17) is 5.73 Å². The van der Waals surface area contributed by atoms with Crippen LogP contribution in [-0.2, 0) is 10.0 Å². The average Bonchev–Trinajstić information content (AvgIpc) is 2.42. The van der Waals surface area contributed by atoms with Gasteiger partial charge in [0.2, 0.25) is 10.0 Å². The van der Waals surface area contributed by atoms with Gasteiger partial charge in [-0.05, 0) is 31.4 Å². The average molecular weight is 333 g/mol. The summed E-state index contributed by atoms with van der Waals surface area (Å²) >= 11 is 1.56. The highest BCUT2D eigenvalue weighted by Crippen LogP contribution is 2.26. The van der Waals surface area contributed by atoms with Crippen LogP contribution in [0.4, 0.5) is 11.4 Å². The summed E-state index contributed by atoms with van der Waals surface area (Å²) in [6.45, 7) is 2.00. The van der Waals surface area contributed by atoms with E-state index >= 15 is 0 Å². The Labute approximate surface area is 130 Å². The van der Waals surface area contributed by atoms with E-state index in [-0.39, 0.29) is 22.8 Å². The summed E-state index contributed by atoms with van der Waals surface area (Å²) < 4.78 is 25.2. The van der Waals surface area contributed by atoms with Gasteiger partial charge in [-0.15, -0.1) is 0 Å². The number of nitrogen functional groups attached to an aromatic ring is 1. The largest absolute Gasteiger partial charge is 0.397 e. The van der Waals surface area contributed by atoms with E-state index in [1.165, 1.54) is 26.2 Å². The lowest BCUT2D eigenvalue weighted by Gasteiger charge is -2.23. The SMILES string of the molecule is CSC(CO)C(C)Nc1ccc(S(=O)(=O)N(C)C)cc1N. The van der Waals surface area contributed by atoms with E-state index in [9.17, 15) is 13.5 Å². The first kappa shape index (κ1) is 18.1. The van der Waals surface area contributed by atoms with Crippen LogP contribution in [-0.4, -0.2) is 56.1 Å². The summed E-state index contributed by atoms with van der Waals surface area (Å²) in [5.41, 5.74) is 6.96. The van der Waals surface area contributed by atoms with E-state index in [1.54, 1.807) is 17.8 Å². The third-order valence-electron chi connectivity index (χ3n) is 3.23. The normalized spacial score (nSPS) is 15.0. The van der Waals surface area contributed by atoms with Crippen molar-refractivity contribution in [3.05, 3.63) is 18.2 Å². The molecular weight excluding hydrogens is 310 g/mol. The molecule has 6 nitrogen and oxygen atoms in total. The Morgan fingerprint density at radius 2 is 2.05 bits per heavy atom. The molecular formula is C13H23N3O3S2. The molecule has 0 aliphatic heterocycles. The number of nitrogens with two attached hydrogens (primary N) is 1. The van der Waals surface area contributed by atoms with Crippen molar-refractivity contribution in [2.24, 2.45) is 0 Å². The zero-order valence-corrected chi connectivity index (χ0v) is 14.3. The fourth-order valence-corrected chi connectivity index (χ4v) is 3.38. The highest BCUT2D eigenvalue weighted by atomic mass is 32.2. The van der Waals surface area contributed by atoms with Gasteiger partial charge in [0.15, 0.2) is 0 Å². The number of hydrogen-bond donors (Lipinski definition) is 3. The molecule has 2 atom stereocenters. The minimum absolute atomic E-state index is 0.00334. The topological polar surface area (TPSA) is 95.7 Å². The van der Waals surface area contributed by atoms with Crippen molar-refractivity contribution in [3.8, 4) is 0 Å². The van der Waals surface area contributed by atoms with Crippen LogP contribution < -0.4 is 11.1 Å². The zero-order chi connectivity index (χ0) is 16.2. The van der Waals surface area contributed by atoms with Crippen LogP contribution in [0.25, 0.3) is 0 Å². The zero-order valence-electron chi connectivity index (χ0n) is 12.7. The molecule has 0 radical (unpaired) electrons. The predicted octanol–water partition coefficient (Wildman–Crippen LogP) is 1.04. The molecule has 0 aliphatic carbocycles. The number of nitrogens with zero attached hydrogens (tertiary/aromatic N) is 1. The fraction of sp³-hybridized carbons (Fsp3) is 0.538. The number of aliphatic hydroxyl groups excluding tert-OH is 1. The first-order chi connectivity index (χ1) is 9.73. The number of anilines is 2. The Bertz CT molecular complexity index is 572. The van der Waals surface area contributed by atoms with Crippen molar-refractivity contribution < 1.29 is 13.5 Å². The molecule has 1 rings (SSSR count). The molecule has 4 N–H and O–H groups in total. The minimum atomic E-state index is -3.49. The predicted molar refractivity (Wildman–Crippen MR) is 89.2 cm³/mol. The smallest absolute Gasteiger partial charge is 0.242 e. The molecule has 1 aromatic rings. The summed E-state index contributed by atoms with van der Waals surface area (Å²) in [4.78, 5) is 0.159. The molecule has 0 bridgehead atoms. The molecule has 0 saturated carbocycles.